The first-order valence-electron chi connectivity index (χ1n) is 6.25. The van der Waals surface area contributed by atoms with E-state index in [9.17, 15) is 9.59 Å². The molecule has 0 fully saturated rings. The average Bonchev–Trinajstić information content (AvgIpc) is 2.34. The van der Waals surface area contributed by atoms with Crippen LogP contribution in [0.15, 0.2) is 12.7 Å². The number of carbonyl (C=O) groups is 2. The number of carboxylic acids is 1. The highest BCUT2D eigenvalue weighted by molar-refractivity contribution is 5.86. The Labute approximate surface area is 108 Å². The number of ether oxygens (including phenoxy) is 1. The molecular weight excluding hydrogens is 234 g/mol. The predicted octanol–water partition coefficient (Wildman–Crippen LogP) is 1.58. The van der Waals surface area contributed by atoms with Crippen molar-refractivity contribution in [3.63, 3.8) is 0 Å². The molecule has 0 saturated carbocycles. The van der Waals surface area contributed by atoms with Crippen molar-refractivity contribution in [3.05, 3.63) is 12.7 Å². The first kappa shape index (κ1) is 16.6. The van der Waals surface area contributed by atoms with Crippen LogP contribution in [0.3, 0.4) is 0 Å². The molecule has 1 amide bonds. The lowest BCUT2D eigenvalue weighted by Gasteiger charge is -2.17. The van der Waals surface area contributed by atoms with Crippen LogP contribution in [-0.4, -0.2) is 36.2 Å². The van der Waals surface area contributed by atoms with Gasteiger partial charge in [0.15, 0.2) is 0 Å². The van der Waals surface area contributed by atoms with Crippen LogP contribution < -0.4 is 5.32 Å². The van der Waals surface area contributed by atoms with Gasteiger partial charge in [0, 0.05) is 13.2 Å². The van der Waals surface area contributed by atoms with Crippen LogP contribution in [0.4, 0.5) is 0 Å². The van der Waals surface area contributed by atoms with Gasteiger partial charge in [-0.05, 0) is 32.3 Å². The molecule has 2 unspecified atom stereocenters. The molecule has 0 bridgehead atoms. The van der Waals surface area contributed by atoms with E-state index < -0.39 is 5.97 Å². The summed E-state index contributed by atoms with van der Waals surface area (Å²) in [7, 11) is 0. The molecule has 104 valence electrons. The first-order chi connectivity index (χ1) is 8.51. The standard InChI is InChI=1S/C13H23NO4/c1-4-11(13(16)17)9-10(3)18-8-6-7-14-12(15)5-2/h5,10-11H,2,4,6-9H2,1,3H3,(H,14,15)(H,16,17). The number of hydrogen-bond acceptors (Lipinski definition) is 3. The monoisotopic (exact) mass is 257 g/mol. The smallest absolute Gasteiger partial charge is 0.306 e. The molecule has 0 aromatic carbocycles. The fraction of sp³-hybridized carbons (Fsp3) is 0.692. The van der Waals surface area contributed by atoms with Crippen LogP contribution in [0.25, 0.3) is 0 Å². The van der Waals surface area contributed by atoms with Gasteiger partial charge < -0.3 is 15.2 Å². The van der Waals surface area contributed by atoms with Crippen molar-refractivity contribution in [2.75, 3.05) is 13.2 Å². The number of carboxylic acid groups (broad SMARTS) is 1. The Hall–Kier alpha value is -1.36. The zero-order chi connectivity index (χ0) is 14.0. The summed E-state index contributed by atoms with van der Waals surface area (Å²) in [5.74, 6) is -1.31. The normalized spacial score (nSPS) is 13.7. The third-order valence-electron chi connectivity index (χ3n) is 2.67. The third-order valence-corrected chi connectivity index (χ3v) is 2.67. The summed E-state index contributed by atoms with van der Waals surface area (Å²) in [6.45, 7) is 8.12. The SMILES string of the molecule is C=CC(=O)NCCCOC(C)CC(CC)C(=O)O. The van der Waals surface area contributed by atoms with Gasteiger partial charge in [0.2, 0.25) is 5.91 Å². The highest BCUT2D eigenvalue weighted by Gasteiger charge is 2.18. The third kappa shape index (κ3) is 7.84. The Morgan fingerprint density at radius 1 is 1.50 bits per heavy atom. The Morgan fingerprint density at radius 3 is 2.67 bits per heavy atom. The van der Waals surface area contributed by atoms with Crippen LogP contribution in [0.1, 0.15) is 33.1 Å². The summed E-state index contributed by atoms with van der Waals surface area (Å²) in [6.07, 6.45) is 2.97. The van der Waals surface area contributed by atoms with Gasteiger partial charge in [0.1, 0.15) is 0 Å². The fourth-order valence-electron chi connectivity index (χ4n) is 1.55. The molecule has 0 saturated heterocycles. The molecule has 0 aliphatic heterocycles. The van der Waals surface area contributed by atoms with Gasteiger partial charge in [-0.1, -0.05) is 13.5 Å². The summed E-state index contributed by atoms with van der Waals surface area (Å²) < 4.78 is 5.50. The number of amides is 1. The van der Waals surface area contributed by atoms with Gasteiger partial charge in [0.05, 0.1) is 12.0 Å². The Bertz CT molecular complexity index is 278. The van der Waals surface area contributed by atoms with Gasteiger partial charge >= 0.3 is 5.97 Å². The summed E-state index contributed by atoms with van der Waals surface area (Å²) >= 11 is 0. The van der Waals surface area contributed by atoms with Crippen molar-refractivity contribution < 1.29 is 19.4 Å². The van der Waals surface area contributed by atoms with E-state index in [0.717, 1.165) is 0 Å². The maximum absolute atomic E-state index is 10.8. The van der Waals surface area contributed by atoms with Gasteiger partial charge in [-0.15, -0.1) is 0 Å². The van der Waals surface area contributed by atoms with E-state index in [-0.39, 0.29) is 17.9 Å². The van der Waals surface area contributed by atoms with Crippen LogP contribution >= 0.6 is 0 Å². The highest BCUT2D eigenvalue weighted by atomic mass is 16.5. The number of hydrogen-bond donors (Lipinski definition) is 2. The highest BCUT2D eigenvalue weighted by Crippen LogP contribution is 2.13. The second-order valence-electron chi connectivity index (χ2n) is 4.21. The molecule has 2 N–H and O–H groups in total. The van der Waals surface area contributed by atoms with E-state index in [4.69, 9.17) is 9.84 Å². The molecule has 5 heteroatoms. The molecule has 0 aliphatic rings. The van der Waals surface area contributed by atoms with Crippen LogP contribution in [0.5, 0.6) is 0 Å². The lowest BCUT2D eigenvalue weighted by molar-refractivity contribution is -0.143. The van der Waals surface area contributed by atoms with Crippen molar-refractivity contribution in [1.29, 1.82) is 0 Å². The first-order valence-corrected chi connectivity index (χ1v) is 6.25. The zero-order valence-corrected chi connectivity index (χ0v) is 11.1. The molecule has 0 aromatic heterocycles. The summed E-state index contributed by atoms with van der Waals surface area (Å²) in [4.78, 5) is 21.7. The second kappa shape index (κ2) is 9.65. The average molecular weight is 257 g/mol. The van der Waals surface area contributed by atoms with Gasteiger partial charge in [-0.2, -0.15) is 0 Å². The molecule has 0 aromatic rings. The summed E-state index contributed by atoms with van der Waals surface area (Å²) in [5, 5.41) is 11.6. The fourth-order valence-corrected chi connectivity index (χ4v) is 1.55. The number of aliphatic carboxylic acids is 1. The molecule has 0 radical (unpaired) electrons. The Kier molecular flexibility index (Phi) is 8.92. The zero-order valence-electron chi connectivity index (χ0n) is 11.1. The van der Waals surface area contributed by atoms with E-state index in [0.29, 0.717) is 32.4 Å². The maximum Gasteiger partial charge on any atom is 0.306 e. The number of nitrogens with one attached hydrogen (secondary N) is 1. The summed E-state index contributed by atoms with van der Waals surface area (Å²) in [6, 6.07) is 0. The molecule has 2 atom stereocenters. The van der Waals surface area contributed by atoms with Crippen molar-refractivity contribution in [2.24, 2.45) is 5.92 Å². The number of rotatable bonds is 10. The van der Waals surface area contributed by atoms with Crippen LogP contribution in [-0.2, 0) is 14.3 Å². The van der Waals surface area contributed by atoms with Crippen molar-refractivity contribution in [1.82, 2.24) is 5.32 Å². The predicted molar refractivity (Wildman–Crippen MR) is 69.3 cm³/mol. The van der Waals surface area contributed by atoms with E-state index in [2.05, 4.69) is 11.9 Å². The molecule has 0 heterocycles. The lowest BCUT2D eigenvalue weighted by Crippen LogP contribution is -2.24. The number of carbonyl (C=O) groups excluding carboxylic acids is 1. The minimum Gasteiger partial charge on any atom is -0.481 e. The molecule has 0 rings (SSSR count). The van der Waals surface area contributed by atoms with E-state index >= 15 is 0 Å². The minimum absolute atomic E-state index is 0.0823. The molecule has 0 aliphatic carbocycles. The van der Waals surface area contributed by atoms with Crippen molar-refractivity contribution >= 4 is 11.9 Å². The van der Waals surface area contributed by atoms with Crippen LogP contribution in [0, 0.1) is 5.92 Å². The molecular formula is C13H23NO4. The second-order valence-corrected chi connectivity index (χ2v) is 4.21. The Balaban J connectivity index is 3.64. The van der Waals surface area contributed by atoms with Crippen molar-refractivity contribution in [2.45, 2.75) is 39.2 Å². The summed E-state index contributed by atoms with van der Waals surface area (Å²) in [5.41, 5.74) is 0. The lowest BCUT2D eigenvalue weighted by atomic mass is 10.00. The Morgan fingerprint density at radius 2 is 2.17 bits per heavy atom. The van der Waals surface area contributed by atoms with E-state index in [1.165, 1.54) is 6.08 Å². The minimum atomic E-state index is -0.772. The molecule has 18 heavy (non-hydrogen) atoms. The van der Waals surface area contributed by atoms with Gasteiger partial charge in [0.25, 0.3) is 0 Å². The topological polar surface area (TPSA) is 75.6 Å². The largest absolute Gasteiger partial charge is 0.481 e. The molecule has 5 nitrogen and oxygen atoms in total. The van der Waals surface area contributed by atoms with Crippen LogP contribution in [0.2, 0.25) is 0 Å². The van der Waals surface area contributed by atoms with E-state index in [1.807, 2.05) is 13.8 Å². The molecule has 0 spiro atoms. The van der Waals surface area contributed by atoms with Crippen molar-refractivity contribution in [3.8, 4) is 0 Å². The van der Waals surface area contributed by atoms with Gasteiger partial charge in [-0.25, -0.2) is 0 Å². The van der Waals surface area contributed by atoms with E-state index in [1.54, 1.807) is 0 Å². The quantitative estimate of drug-likeness (QED) is 0.460. The van der Waals surface area contributed by atoms with Gasteiger partial charge in [-0.3, -0.25) is 9.59 Å². The maximum atomic E-state index is 10.8.